The lowest BCUT2D eigenvalue weighted by Gasteiger charge is -2.06. The zero-order valence-electron chi connectivity index (χ0n) is 10.8. The van der Waals surface area contributed by atoms with Crippen LogP contribution in [0.5, 0.6) is 0 Å². The highest BCUT2D eigenvalue weighted by atomic mass is 16.5. The van der Waals surface area contributed by atoms with Crippen LogP contribution in [0.3, 0.4) is 0 Å². The van der Waals surface area contributed by atoms with Crippen molar-refractivity contribution in [1.29, 1.82) is 0 Å². The van der Waals surface area contributed by atoms with Crippen molar-refractivity contribution >= 4 is 11.6 Å². The molecule has 2 aromatic rings. The normalized spacial score (nSPS) is 10.4. The van der Waals surface area contributed by atoms with E-state index in [0.29, 0.717) is 11.5 Å². The number of aryl methyl sites for hydroxylation is 3. The number of nitrogens with one attached hydrogen (secondary N) is 1. The van der Waals surface area contributed by atoms with Gasteiger partial charge in [0.25, 0.3) is 0 Å². The second-order valence-corrected chi connectivity index (χ2v) is 4.45. The summed E-state index contributed by atoms with van der Waals surface area (Å²) in [6.07, 6.45) is 0.226. The zero-order valence-corrected chi connectivity index (χ0v) is 10.8. The highest BCUT2D eigenvalue weighted by molar-refractivity contribution is 5.92. The van der Waals surface area contributed by atoms with Crippen LogP contribution < -0.4 is 5.32 Å². The van der Waals surface area contributed by atoms with E-state index in [0.717, 1.165) is 11.3 Å². The van der Waals surface area contributed by atoms with Crippen LogP contribution in [-0.4, -0.2) is 11.1 Å². The van der Waals surface area contributed by atoms with Crippen LogP contribution in [0.1, 0.15) is 22.6 Å². The molecule has 0 atom stereocenters. The molecule has 0 bridgehead atoms. The van der Waals surface area contributed by atoms with Crippen LogP contribution >= 0.6 is 0 Å². The maximum absolute atomic E-state index is 11.8. The van der Waals surface area contributed by atoms with Crippen LogP contribution in [0, 0.1) is 20.8 Å². The molecule has 0 aliphatic carbocycles. The molecule has 0 spiro atoms. The van der Waals surface area contributed by atoms with Gasteiger partial charge in [0.15, 0.2) is 0 Å². The minimum Gasteiger partial charge on any atom is -0.361 e. The molecule has 0 saturated carbocycles. The summed E-state index contributed by atoms with van der Waals surface area (Å²) in [6, 6.07) is 7.61. The van der Waals surface area contributed by atoms with Gasteiger partial charge in [-0.2, -0.15) is 0 Å². The van der Waals surface area contributed by atoms with Gasteiger partial charge in [0.05, 0.1) is 12.1 Å². The number of nitrogens with zero attached hydrogens (tertiary/aromatic N) is 1. The summed E-state index contributed by atoms with van der Waals surface area (Å²) in [7, 11) is 0. The first-order chi connectivity index (χ1) is 8.54. The number of anilines is 1. The smallest absolute Gasteiger partial charge is 0.230 e. The number of hydrogen-bond acceptors (Lipinski definition) is 3. The Morgan fingerprint density at radius 3 is 2.61 bits per heavy atom. The highest BCUT2D eigenvalue weighted by Gasteiger charge is 2.08. The summed E-state index contributed by atoms with van der Waals surface area (Å²) in [6.45, 7) is 5.86. The molecule has 1 N–H and O–H groups in total. The van der Waals surface area contributed by atoms with Gasteiger partial charge >= 0.3 is 0 Å². The first-order valence-corrected chi connectivity index (χ1v) is 5.84. The van der Waals surface area contributed by atoms with Crippen molar-refractivity contribution in [2.75, 3.05) is 5.32 Å². The first-order valence-electron chi connectivity index (χ1n) is 5.84. The molecule has 0 saturated heterocycles. The number of rotatable bonds is 3. The molecule has 2 rings (SSSR count). The van der Waals surface area contributed by atoms with E-state index in [1.54, 1.807) is 13.0 Å². The largest absolute Gasteiger partial charge is 0.361 e. The second-order valence-electron chi connectivity index (χ2n) is 4.45. The van der Waals surface area contributed by atoms with E-state index in [4.69, 9.17) is 4.52 Å². The Hall–Kier alpha value is -2.10. The van der Waals surface area contributed by atoms with Crippen LogP contribution in [0.2, 0.25) is 0 Å². The Morgan fingerprint density at radius 2 is 2.00 bits per heavy atom. The van der Waals surface area contributed by atoms with Crippen LogP contribution in [0.25, 0.3) is 0 Å². The molecular formula is C14H16N2O2. The predicted octanol–water partition coefficient (Wildman–Crippen LogP) is 2.78. The van der Waals surface area contributed by atoms with Crippen LogP contribution in [0.15, 0.2) is 28.8 Å². The fourth-order valence-corrected chi connectivity index (χ4v) is 1.69. The van der Waals surface area contributed by atoms with Gasteiger partial charge in [-0.15, -0.1) is 0 Å². The minimum absolute atomic E-state index is 0.0912. The third-order valence-electron chi connectivity index (χ3n) is 2.81. The number of amides is 1. The molecule has 0 aliphatic heterocycles. The van der Waals surface area contributed by atoms with E-state index >= 15 is 0 Å². The summed E-state index contributed by atoms with van der Waals surface area (Å²) >= 11 is 0. The van der Waals surface area contributed by atoms with Gasteiger partial charge in [0, 0.05) is 11.8 Å². The van der Waals surface area contributed by atoms with Gasteiger partial charge < -0.3 is 9.84 Å². The molecule has 0 unspecified atom stereocenters. The lowest BCUT2D eigenvalue weighted by Crippen LogP contribution is -2.14. The molecule has 1 heterocycles. The Labute approximate surface area is 106 Å². The summed E-state index contributed by atoms with van der Waals surface area (Å²) in [5, 5.41) is 6.64. The van der Waals surface area contributed by atoms with E-state index in [1.165, 1.54) is 5.56 Å². The molecule has 1 aromatic heterocycles. The molecule has 0 fully saturated rings. The van der Waals surface area contributed by atoms with Crippen molar-refractivity contribution in [2.45, 2.75) is 27.2 Å². The van der Waals surface area contributed by atoms with Gasteiger partial charge in [-0.3, -0.25) is 4.79 Å². The van der Waals surface area contributed by atoms with Crippen molar-refractivity contribution in [3.05, 3.63) is 46.8 Å². The van der Waals surface area contributed by atoms with Gasteiger partial charge in [0.1, 0.15) is 5.76 Å². The zero-order chi connectivity index (χ0) is 13.1. The van der Waals surface area contributed by atoms with Crippen molar-refractivity contribution in [3.63, 3.8) is 0 Å². The molecule has 18 heavy (non-hydrogen) atoms. The van der Waals surface area contributed by atoms with Crippen LogP contribution in [0.4, 0.5) is 5.69 Å². The number of carbonyl (C=O) groups is 1. The van der Waals surface area contributed by atoms with E-state index in [-0.39, 0.29) is 12.3 Å². The summed E-state index contributed by atoms with van der Waals surface area (Å²) in [5.41, 5.74) is 3.82. The Bertz CT molecular complexity index is 573. The predicted molar refractivity (Wildman–Crippen MR) is 69.5 cm³/mol. The molecule has 1 aromatic carbocycles. The van der Waals surface area contributed by atoms with E-state index < -0.39 is 0 Å². The third-order valence-corrected chi connectivity index (χ3v) is 2.81. The topological polar surface area (TPSA) is 55.1 Å². The SMILES string of the molecule is Cc1cc(CC(=O)Nc2ccc(C)c(C)c2)no1. The quantitative estimate of drug-likeness (QED) is 0.903. The van der Waals surface area contributed by atoms with Crippen molar-refractivity contribution in [2.24, 2.45) is 0 Å². The number of hydrogen-bond donors (Lipinski definition) is 1. The third kappa shape index (κ3) is 2.97. The Balaban J connectivity index is 2.00. The fourth-order valence-electron chi connectivity index (χ4n) is 1.69. The first kappa shape index (κ1) is 12.4. The maximum atomic E-state index is 11.8. The number of carbonyl (C=O) groups excluding carboxylic acids is 1. The van der Waals surface area contributed by atoms with Gasteiger partial charge in [0.2, 0.25) is 5.91 Å². The van der Waals surface area contributed by atoms with E-state index in [9.17, 15) is 4.79 Å². The van der Waals surface area contributed by atoms with Crippen LogP contribution in [-0.2, 0) is 11.2 Å². The standard InChI is InChI=1S/C14H16N2O2/c1-9-4-5-12(6-10(9)2)15-14(17)8-13-7-11(3)18-16-13/h4-7H,8H2,1-3H3,(H,15,17). The van der Waals surface area contributed by atoms with Gasteiger partial charge in [-0.1, -0.05) is 11.2 Å². The van der Waals surface area contributed by atoms with Crippen molar-refractivity contribution in [1.82, 2.24) is 5.16 Å². The molecular weight excluding hydrogens is 228 g/mol. The average molecular weight is 244 g/mol. The molecule has 94 valence electrons. The lowest BCUT2D eigenvalue weighted by molar-refractivity contribution is -0.115. The second kappa shape index (κ2) is 5.04. The van der Waals surface area contributed by atoms with Crippen molar-refractivity contribution < 1.29 is 9.32 Å². The molecule has 1 amide bonds. The summed E-state index contributed by atoms with van der Waals surface area (Å²) < 4.78 is 4.92. The minimum atomic E-state index is -0.0912. The van der Waals surface area contributed by atoms with Gasteiger partial charge in [-0.25, -0.2) is 0 Å². The number of aromatic nitrogens is 1. The Morgan fingerprint density at radius 1 is 1.22 bits per heavy atom. The summed E-state index contributed by atoms with van der Waals surface area (Å²) in [5.74, 6) is 0.621. The molecule has 4 heteroatoms. The molecule has 4 nitrogen and oxygen atoms in total. The monoisotopic (exact) mass is 244 g/mol. The molecule has 0 aliphatic rings. The fraction of sp³-hybridized carbons (Fsp3) is 0.286. The Kier molecular flexibility index (Phi) is 3.46. The number of benzene rings is 1. The van der Waals surface area contributed by atoms with Gasteiger partial charge in [-0.05, 0) is 44.0 Å². The van der Waals surface area contributed by atoms with E-state index in [1.807, 2.05) is 32.0 Å². The molecule has 0 radical (unpaired) electrons. The average Bonchev–Trinajstić information content (AvgIpc) is 2.69. The highest BCUT2D eigenvalue weighted by Crippen LogP contribution is 2.14. The van der Waals surface area contributed by atoms with E-state index in [2.05, 4.69) is 10.5 Å². The summed E-state index contributed by atoms with van der Waals surface area (Å²) in [4.78, 5) is 11.8. The lowest BCUT2D eigenvalue weighted by atomic mass is 10.1. The maximum Gasteiger partial charge on any atom is 0.230 e. The van der Waals surface area contributed by atoms with Crippen molar-refractivity contribution in [3.8, 4) is 0 Å².